The zero-order chi connectivity index (χ0) is 11.0. The molecule has 0 saturated carbocycles. The summed E-state index contributed by atoms with van der Waals surface area (Å²) in [6.07, 6.45) is 1.32. The number of amides is 2. The molecule has 2 amide bonds. The van der Waals surface area contributed by atoms with Gasteiger partial charge in [0.25, 0.3) is 0 Å². The molecule has 0 heterocycles. The maximum Gasteiger partial charge on any atom is 0.404 e. The molecular weight excluding hydrogens is 188 g/mol. The van der Waals surface area contributed by atoms with Crippen molar-refractivity contribution >= 4 is 12.2 Å². The van der Waals surface area contributed by atoms with Crippen LogP contribution in [-0.4, -0.2) is 25.4 Å². The van der Waals surface area contributed by atoms with Crippen LogP contribution in [0.15, 0.2) is 24.3 Å². The molecule has 6 heteroatoms. The lowest BCUT2D eigenvalue weighted by atomic mass is 10.3. The lowest BCUT2D eigenvalue weighted by Crippen LogP contribution is -2.14. The van der Waals surface area contributed by atoms with Gasteiger partial charge in [0.1, 0.15) is 13.2 Å². The van der Waals surface area contributed by atoms with E-state index in [4.69, 9.17) is 11.5 Å². The first kappa shape index (κ1) is 12.0. The molecule has 6 nitrogen and oxygen atoms in total. The molecule has 0 aliphatic rings. The highest BCUT2D eigenvalue weighted by Gasteiger charge is 1.94. The van der Waals surface area contributed by atoms with Crippen molar-refractivity contribution in [2.24, 2.45) is 11.5 Å². The van der Waals surface area contributed by atoms with Gasteiger partial charge in [-0.1, -0.05) is 12.7 Å². The van der Waals surface area contributed by atoms with E-state index in [9.17, 15) is 9.59 Å². The molecule has 0 aromatic carbocycles. The third-order valence-corrected chi connectivity index (χ3v) is 1.08. The highest BCUT2D eigenvalue weighted by atomic mass is 16.5. The summed E-state index contributed by atoms with van der Waals surface area (Å²) in [6.45, 7) is 3.60. The van der Waals surface area contributed by atoms with Gasteiger partial charge in [0.15, 0.2) is 0 Å². The summed E-state index contributed by atoms with van der Waals surface area (Å²) in [7, 11) is 0. The van der Waals surface area contributed by atoms with Crippen LogP contribution in [0.1, 0.15) is 0 Å². The van der Waals surface area contributed by atoms with Gasteiger partial charge < -0.3 is 20.9 Å². The monoisotopic (exact) mass is 200 g/mol. The van der Waals surface area contributed by atoms with Crippen LogP contribution >= 0.6 is 0 Å². The van der Waals surface area contributed by atoms with E-state index in [2.05, 4.69) is 16.1 Å². The maximum atomic E-state index is 10.2. The molecule has 0 aliphatic heterocycles. The average Bonchev–Trinajstić information content (AvgIpc) is 2.08. The Morgan fingerprint density at radius 2 is 1.79 bits per heavy atom. The Labute approximate surface area is 81.1 Å². The number of hydrogen-bond acceptors (Lipinski definition) is 4. The zero-order valence-corrected chi connectivity index (χ0v) is 7.56. The average molecular weight is 200 g/mol. The number of rotatable bonds is 5. The molecule has 78 valence electrons. The van der Waals surface area contributed by atoms with Crippen molar-refractivity contribution in [3.05, 3.63) is 24.3 Å². The summed E-state index contributed by atoms with van der Waals surface area (Å²) in [5.74, 6) is 0. The number of carbonyl (C=O) groups excluding carboxylic acids is 2. The van der Waals surface area contributed by atoms with Crippen LogP contribution in [0.2, 0.25) is 0 Å². The predicted molar refractivity (Wildman–Crippen MR) is 49.4 cm³/mol. The number of hydrogen-bond donors (Lipinski definition) is 2. The molecule has 0 aliphatic carbocycles. The molecule has 0 saturated heterocycles. The van der Waals surface area contributed by atoms with Crippen molar-refractivity contribution in [2.45, 2.75) is 0 Å². The summed E-state index contributed by atoms with van der Waals surface area (Å²) in [5.41, 5.74) is 9.95. The molecule has 0 atom stereocenters. The standard InChI is InChI=1S/C8H12N2O4/c1-6(5-14-8(10)12)3-2-4-13-7(9)11/h2-3H,1,4-5H2,(H2,9,11)(H2,10,12). The summed E-state index contributed by atoms with van der Waals surface area (Å²) in [6, 6.07) is 0. The number of ether oxygens (including phenoxy) is 2. The first-order valence-electron chi connectivity index (χ1n) is 3.71. The van der Waals surface area contributed by atoms with Crippen molar-refractivity contribution in [2.75, 3.05) is 13.2 Å². The van der Waals surface area contributed by atoms with E-state index in [1.54, 1.807) is 0 Å². The van der Waals surface area contributed by atoms with E-state index in [0.29, 0.717) is 5.57 Å². The lowest BCUT2D eigenvalue weighted by Gasteiger charge is -2.00. The van der Waals surface area contributed by atoms with E-state index < -0.39 is 12.2 Å². The summed E-state index contributed by atoms with van der Waals surface area (Å²) in [4.78, 5) is 20.3. The zero-order valence-electron chi connectivity index (χ0n) is 7.56. The minimum atomic E-state index is -0.868. The summed E-state index contributed by atoms with van der Waals surface area (Å²) in [5, 5.41) is 0. The number of nitrogens with two attached hydrogens (primary N) is 2. The van der Waals surface area contributed by atoms with Crippen LogP contribution in [-0.2, 0) is 9.47 Å². The highest BCUT2D eigenvalue weighted by Crippen LogP contribution is 1.94. The van der Waals surface area contributed by atoms with Crippen LogP contribution in [0.3, 0.4) is 0 Å². The van der Waals surface area contributed by atoms with Gasteiger partial charge >= 0.3 is 12.2 Å². The fourth-order valence-electron chi connectivity index (χ4n) is 0.557. The maximum absolute atomic E-state index is 10.2. The Morgan fingerprint density at radius 3 is 2.29 bits per heavy atom. The van der Waals surface area contributed by atoms with E-state index in [-0.39, 0.29) is 13.2 Å². The predicted octanol–water partition coefficient (Wildman–Crippen LogP) is 0.289. The first-order chi connectivity index (χ1) is 6.52. The first-order valence-corrected chi connectivity index (χ1v) is 3.71. The quantitative estimate of drug-likeness (QED) is 0.622. The van der Waals surface area contributed by atoms with Gasteiger partial charge in [-0.05, 0) is 11.6 Å². The second-order valence-corrected chi connectivity index (χ2v) is 2.30. The van der Waals surface area contributed by atoms with Gasteiger partial charge in [-0.2, -0.15) is 0 Å². The summed E-state index contributed by atoms with van der Waals surface area (Å²) >= 11 is 0. The van der Waals surface area contributed by atoms with Gasteiger partial charge in [0.05, 0.1) is 0 Å². The van der Waals surface area contributed by atoms with Crippen LogP contribution < -0.4 is 11.5 Å². The molecule has 0 unspecified atom stereocenters. The van der Waals surface area contributed by atoms with Gasteiger partial charge in [-0.3, -0.25) is 0 Å². The molecule has 0 rings (SSSR count). The molecule has 0 aromatic rings. The largest absolute Gasteiger partial charge is 0.445 e. The third-order valence-electron chi connectivity index (χ3n) is 1.08. The van der Waals surface area contributed by atoms with Crippen LogP contribution in [0, 0.1) is 0 Å². The number of primary amides is 2. The minimum Gasteiger partial charge on any atom is -0.445 e. The molecule has 0 bridgehead atoms. The molecule has 4 N–H and O–H groups in total. The van der Waals surface area contributed by atoms with Gasteiger partial charge in [0, 0.05) is 0 Å². The Hall–Kier alpha value is -1.98. The fourth-order valence-corrected chi connectivity index (χ4v) is 0.557. The second kappa shape index (κ2) is 6.53. The Morgan fingerprint density at radius 1 is 1.21 bits per heavy atom. The normalized spacial score (nSPS) is 9.71. The molecule has 0 aromatic heterocycles. The fraction of sp³-hybridized carbons (Fsp3) is 0.250. The van der Waals surface area contributed by atoms with E-state index in [0.717, 1.165) is 0 Å². The van der Waals surface area contributed by atoms with Gasteiger partial charge in [-0.25, -0.2) is 9.59 Å². The smallest absolute Gasteiger partial charge is 0.404 e. The molecule has 14 heavy (non-hydrogen) atoms. The van der Waals surface area contributed by atoms with Crippen molar-refractivity contribution < 1.29 is 19.1 Å². The summed E-state index contributed by atoms with van der Waals surface area (Å²) < 4.78 is 8.83. The van der Waals surface area contributed by atoms with Crippen molar-refractivity contribution in [1.82, 2.24) is 0 Å². The third kappa shape index (κ3) is 8.12. The van der Waals surface area contributed by atoms with E-state index in [1.807, 2.05) is 0 Å². The van der Waals surface area contributed by atoms with Crippen LogP contribution in [0.5, 0.6) is 0 Å². The van der Waals surface area contributed by atoms with Gasteiger partial charge in [-0.15, -0.1) is 0 Å². The number of carbonyl (C=O) groups is 2. The lowest BCUT2D eigenvalue weighted by molar-refractivity contribution is 0.167. The Kier molecular flexibility index (Phi) is 5.60. The minimum absolute atomic E-state index is 0.00239. The van der Waals surface area contributed by atoms with Crippen LogP contribution in [0.25, 0.3) is 0 Å². The Balaban J connectivity index is 3.60. The topological polar surface area (TPSA) is 105 Å². The van der Waals surface area contributed by atoms with Crippen molar-refractivity contribution in [3.8, 4) is 0 Å². The molecule has 0 radical (unpaired) electrons. The SMILES string of the molecule is C=C(C=CCOC(N)=O)COC(N)=O. The molecular formula is C8H12N2O4. The van der Waals surface area contributed by atoms with Crippen molar-refractivity contribution in [3.63, 3.8) is 0 Å². The van der Waals surface area contributed by atoms with Gasteiger partial charge in [0.2, 0.25) is 0 Å². The Bertz CT molecular complexity index is 260. The van der Waals surface area contributed by atoms with E-state index >= 15 is 0 Å². The highest BCUT2D eigenvalue weighted by molar-refractivity contribution is 5.65. The van der Waals surface area contributed by atoms with Crippen LogP contribution in [0.4, 0.5) is 9.59 Å². The molecule has 0 fully saturated rings. The molecule has 0 spiro atoms. The second-order valence-electron chi connectivity index (χ2n) is 2.30. The van der Waals surface area contributed by atoms with Crippen molar-refractivity contribution in [1.29, 1.82) is 0 Å². The van der Waals surface area contributed by atoms with E-state index in [1.165, 1.54) is 12.2 Å².